The average Bonchev–Trinajstić information content (AvgIpc) is 3.56. The number of benzene rings is 2. The normalized spacial score (nSPS) is 12.0. The zero-order valence-corrected chi connectivity index (χ0v) is 27.5. The van der Waals surface area contributed by atoms with Crippen molar-refractivity contribution >= 4 is 51.4 Å². The van der Waals surface area contributed by atoms with Gasteiger partial charge < -0.3 is 30.1 Å². The fourth-order valence-corrected chi connectivity index (χ4v) is 4.58. The number of carboxylic acid groups (broad SMARTS) is 1. The first-order valence-corrected chi connectivity index (χ1v) is 15.5. The van der Waals surface area contributed by atoms with Crippen LogP contribution in [0.1, 0.15) is 44.4 Å². The maximum absolute atomic E-state index is 12.0. The largest absolute Gasteiger partial charge is 0.492 e. The van der Waals surface area contributed by atoms with Crippen LogP contribution >= 0.6 is 11.6 Å². The van der Waals surface area contributed by atoms with Crippen LogP contribution in [0.25, 0.3) is 10.9 Å². The molecule has 0 unspecified atom stereocenters. The van der Waals surface area contributed by atoms with E-state index in [1.54, 1.807) is 43.5 Å². The molecular weight excluding hydrogens is 620 g/mol. The van der Waals surface area contributed by atoms with Crippen LogP contribution in [-0.2, 0) is 16.2 Å². The van der Waals surface area contributed by atoms with Crippen molar-refractivity contribution in [1.29, 1.82) is 5.26 Å². The molecule has 3 heterocycles. The van der Waals surface area contributed by atoms with E-state index in [2.05, 4.69) is 45.2 Å². The van der Waals surface area contributed by atoms with Gasteiger partial charge in [-0.1, -0.05) is 31.2 Å². The van der Waals surface area contributed by atoms with Gasteiger partial charge in [-0.05, 0) is 82.4 Å². The van der Waals surface area contributed by atoms with Gasteiger partial charge in [0.25, 0.3) is 0 Å². The highest BCUT2D eigenvalue weighted by atomic mass is 35.5. The summed E-state index contributed by atoms with van der Waals surface area (Å²) in [6, 6.07) is 16.4. The minimum absolute atomic E-state index is 0.222. The van der Waals surface area contributed by atoms with E-state index >= 15 is 0 Å². The van der Waals surface area contributed by atoms with E-state index in [-0.39, 0.29) is 18.9 Å². The van der Waals surface area contributed by atoms with E-state index < -0.39 is 5.97 Å². The first-order valence-electron chi connectivity index (χ1n) is 15.1. The molecule has 2 aromatic heterocycles. The van der Waals surface area contributed by atoms with Gasteiger partial charge >= 0.3 is 5.97 Å². The average molecular weight is 659 g/mol. The highest BCUT2D eigenvalue weighted by molar-refractivity contribution is 6.32. The van der Waals surface area contributed by atoms with Crippen LogP contribution in [0.5, 0.6) is 11.5 Å². The molecule has 0 atom stereocenters. The maximum Gasteiger partial charge on any atom is 0.303 e. The second-order valence-corrected chi connectivity index (χ2v) is 10.7. The minimum Gasteiger partial charge on any atom is -0.492 e. The summed E-state index contributed by atoms with van der Waals surface area (Å²) in [6.07, 6.45) is 7.40. The lowest BCUT2D eigenvalue weighted by Crippen LogP contribution is -2.10. The number of ether oxygens (including phenoxy) is 2. The van der Waals surface area contributed by atoms with Crippen LogP contribution in [0.3, 0.4) is 0 Å². The molecule has 0 radical (unpaired) electrons. The summed E-state index contributed by atoms with van der Waals surface area (Å²) in [7, 11) is 2.17. The number of amides is 1. The molecule has 0 saturated carbocycles. The summed E-state index contributed by atoms with van der Waals surface area (Å²) >= 11 is 6.47. The molecule has 47 heavy (non-hydrogen) atoms. The number of anilines is 3. The number of nitrogens with zero attached hydrogens (tertiary/aromatic N) is 4. The third-order valence-electron chi connectivity index (χ3n) is 6.77. The standard InChI is InChI=1S/C27H22ClN5O3.C5H11N.C3H6O2/c1-3-26(34)33-23-12-20-22(13-25(23)35-4-2)31-15-17(14-29)27(20)32-18-8-9-24(21(28)11-18)36-16-19-7-5-6-10-30-19;1-6-4-2-3-5-6;1-2-3(4)5/h3,5-13,15H,1,4,16H2,2H3,(H,31,32)(H,33,34);2-5H2,1H3;2H2,1H3,(H,4,5). The SMILES string of the molecule is C=CC(=O)Nc1cc2c(Nc3ccc(OCc4ccccn4)c(Cl)c3)c(C#N)cnc2cc1OCC.CCC(=O)O.CN1CCCC1. The second-order valence-electron chi connectivity index (χ2n) is 10.3. The van der Waals surface area contributed by atoms with Crippen LogP contribution in [0.4, 0.5) is 17.1 Å². The molecule has 1 saturated heterocycles. The van der Waals surface area contributed by atoms with Gasteiger partial charge in [0.2, 0.25) is 5.91 Å². The molecule has 5 rings (SSSR count). The van der Waals surface area contributed by atoms with E-state index in [1.807, 2.05) is 25.1 Å². The molecule has 1 aliphatic rings. The van der Waals surface area contributed by atoms with Crippen molar-refractivity contribution in [2.45, 2.75) is 39.7 Å². The molecule has 1 fully saturated rings. The van der Waals surface area contributed by atoms with Gasteiger partial charge in [0.1, 0.15) is 24.2 Å². The first kappa shape index (κ1) is 36.3. The number of aromatic nitrogens is 2. The molecule has 0 spiro atoms. The Labute approximate surface area is 279 Å². The molecule has 11 nitrogen and oxygen atoms in total. The monoisotopic (exact) mass is 658 g/mol. The number of nitriles is 1. The lowest BCUT2D eigenvalue weighted by atomic mass is 10.1. The van der Waals surface area contributed by atoms with Crippen molar-refractivity contribution in [3.8, 4) is 17.6 Å². The van der Waals surface area contributed by atoms with Crippen molar-refractivity contribution in [2.75, 3.05) is 37.4 Å². The fraction of sp³-hybridized carbons (Fsp3) is 0.286. The van der Waals surface area contributed by atoms with Gasteiger partial charge in [0, 0.05) is 36.0 Å². The zero-order valence-electron chi connectivity index (χ0n) is 26.8. The zero-order chi connectivity index (χ0) is 34.2. The summed E-state index contributed by atoms with van der Waals surface area (Å²) in [5, 5.41) is 24.5. The van der Waals surface area contributed by atoms with Crippen LogP contribution in [0, 0.1) is 11.3 Å². The lowest BCUT2D eigenvalue weighted by molar-refractivity contribution is -0.136. The molecule has 3 N–H and O–H groups in total. The van der Waals surface area contributed by atoms with Crippen molar-refractivity contribution in [3.63, 3.8) is 0 Å². The predicted octanol–water partition coefficient (Wildman–Crippen LogP) is 7.19. The number of nitrogens with one attached hydrogen (secondary N) is 2. The summed E-state index contributed by atoms with van der Waals surface area (Å²) in [5.74, 6) is -0.170. The van der Waals surface area contributed by atoms with Crippen molar-refractivity contribution in [3.05, 3.63) is 89.9 Å². The number of rotatable bonds is 10. The van der Waals surface area contributed by atoms with Gasteiger partial charge in [-0.15, -0.1) is 0 Å². The molecule has 1 amide bonds. The number of hydrogen-bond donors (Lipinski definition) is 3. The Morgan fingerprint density at radius 1 is 1.11 bits per heavy atom. The lowest BCUT2D eigenvalue weighted by Gasteiger charge is -2.16. The van der Waals surface area contributed by atoms with Gasteiger partial charge in [-0.3, -0.25) is 19.6 Å². The summed E-state index contributed by atoms with van der Waals surface area (Å²) < 4.78 is 11.5. The Hall–Kier alpha value is -5.18. The molecule has 246 valence electrons. The third-order valence-corrected chi connectivity index (χ3v) is 7.06. The molecule has 1 aliphatic heterocycles. The number of halogens is 1. The highest BCUT2D eigenvalue weighted by Gasteiger charge is 2.16. The van der Waals surface area contributed by atoms with Gasteiger partial charge in [0.15, 0.2) is 0 Å². The topological polar surface area (TPSA) is 150 Å². The van der Waals surface area contributed by atoms with Crippen LogP contribution in [0.15, 0.2) is 73.6 Å². The van der Waals surface area contributed by atoms with E-state index in [1.165, 1.54) is 38.2 Å². The quantitative estimate of drug-likeness (QED) is 0.149. The second kappa shape index (κ2) is 18.7. The van der Waals surface area contributed by atoms with Crippen molar-refractivity contribution < 1.29 is 24.2 Å². The summed E-state index contributed by atoms with van der Waals surface area (Å²) in [4.78, 5) is 32.3. The van der Waals surface area contributed by atoms with Crippen LogP contribution in [0.2, 0.25) is 5.02 Å². The molecule has 2 aromatic carbocycles. The van der Waals surface area contributed by atoms with E-state index in [4.69, 9.17) is 26.2 Å². The number of pyridine rings is 2. The number of fused-ring (bicyclic) bond motifs is 1. The van der Waals surface area contributed by atoms with Gasteiger partial charge in [-0.25, -0.2) is 0 Å². The number of likely N-dealkylation sites (tertiary alicyclic amines) is 1. The minimum atomic E-state index is -0.745. The Balaban J connectivity index is 0.000000464. The Morgan fingerprint density at radius 2 is 1.85 bits per heavy atom. The fourth-order valence-electron chi connectivity index (χ4n) is 4.35. The van der Waals surface area contributed by atoms with Crippen molar-refractivity contribution in [1.82, 2.24) is 14.9 Å². The van der Waals surface area contributed by atoms with Gasteiger partial charge in [0.05, 0.1) is 39.8 Å². The van der Waals surface area contributed by atoms with E-state index in [0.717, 1.165) is 5.69 Å². The van der Waals surface area contributed by atoms with Gasteiger partial charge in [-0.2, -0.15) is 5.26 Å². The number of aliphatic carboxylic acids is 1. The molecular formula is C35H39ClN6O5. The van der Waals surface area contributed by atoms with Crippen molar-refractivity contribution in [2.24, 2.45) is 0 Å². The van der Waals surface area contributed by atoms with E-state index in [0.29, 0.717) is 56.7 Å². The molecule has 4 aromatic rings. The molecule has 0 bridgehead atoms. The molecule has 12 heteroatoms. The molecule has 0 aliphatic carbocycles. The Bertz CT molecular complexity index is 1700. The number of hydrogen-bond acceptors (Lipinski definition) is 9. The smallest absolute Gasteiger partial charge is 0.303 e. The maximum atomic E-state index is 12.0. The first-order chi connectivity index (χ1) is 22.7. The number of carbonyl (C=O) groups excluding carboxylic acids is 1. The Morgan fingerprint density at radius 3 is 2.40 bits per heavy atom. The summed E-state index contributed by atoms with van der Waals surface area (Å²) in [5.41, 5.74) is 3.27. The highest BCUT2D eigenvalue weighted by Crippen LogP contribution is 2.37. The van der Waals surface area contributed by atoms with Crippen LogP contribution < -0.4 is 20.1 Å². The summed E-state index contributed by atoms with van der Waals surface area (Å²) in [6.45, 7) is 10.3. The van der Waals surface area contributed by atoms with Crippen LogP contribution in [-0.4, -0.2) is 58.6 Å². The van der Waals surface area contributed by atoms with E-state index in [9.17, 15) is 14.9 Å². The Kier molecular flexibility index (Phi) is 14.4. The number of carboxylic acids is 1. The predicted molar refractivity (Wildman–Crippen MR) is 184 cm³/mol. The third kappa shape index (κ3) is 11.3. The number of carbonyl (C=O) groups is 2.